The predicted octanol–water partition coefficient (Wildman–Crippen LogP) is 4.09. The summed E-state index contributed by atoms with van der Waals surface area (Å²) in [5, 5.41) is 7.90. The highest BCUT2D eigenvalue weighted by Crippen LogP contribution is 2.40. The molecule has 2 fully saturated rings. The molecule has 1 aliphatic heterocycles. The Morgan fingerprint density at radius 2 is 1.85 bits per heavy atom. The van der Waals surface area contributed by atoms with Gasteiger partial charge < -0.3 is 4.74 Å². The molecule has 1 heterocycles. The molecule has 186 valence electrons. The first kappa shape index (κ1) is 26.3. The lowest BCUT2D eigenvalue weighted by Crippen LogP contribution is -2.48. The summed E-state index contributed by atoms with van der Waals surface area (Å²) in [6.07, 6.45) is -3.44. The molecule has 13 heteroatoms. The zero-order valence-corrected chi connectivity index (χ0v) is 21.0. The Morgan fingerprint density at radius 1 is 1.24 bits per heavy atom. The number of benzene rings is 1. The quantitative estimate of drug-likeness (QED) is 0.402. The Balaban J connectivity index is 2.01. The van der Waals surface area contributed by atoms with Crippen molar-refractivity contribution < 1.29 is 35.9 Å². The third-order valence-electron chi connectivity index (χ3n) is 5.43. The minimum Gasteiger partial charge on any atom is -0.444 e. The number of amides is 2. The summed E-state index contributed by atoms with van der Waals surface area (Å²) in [6.45, 7) is 4.19. The number of hydrogen-bond donors (Lipinski definition) is 0. The smallest absolute Gasteiger partial charge is 0.417 e. The summed E-state index contributed by atoms with van der Waals surface area (Å²) in [5.74, 6) is -0.777. The van der Waals surface area contributed by atoms with Crippen LogP contribution in [0.4, 0.5) is 18.0 Å². The van der Waals surface area contributed by atoms with Gasteiger partial charge in [-0.3, -0.25) is 9.69 Å². The summed E-state index contributed by atoms with van der Waals surface area (Å²) < 4.78 is 72.9. The topological polar surface area (TPSA) is 108 Å². The van der Waals surface area contributed by atoms with E-state index in [-0.39, 0.29) is 10.5 Å². The Labute approximate surface area is 203 Å². The van der Waals surface area contributed by atoms with E-state index >= 15 is 0 Å². The van der Waals surface area contributed by atoms with Crippen molar-refractivity contribution in [2.45, 2.75) is 74.0 Å². The Hall–Kier alpha value is -2.33. The van der Waals surface area contributed by atoms with Crippen LogP contribution in [0.25, 0.3) is 0 Å². The van der Waals surface area contributed by atoms with Crippen LogP contribution in [0.1, 0.15) is 45.6 Å². The van der Waals surface area contributed by atoms with Crippen molar-refractivity contribution in [3.63, 3.8) is 0 Å². The molecule has 0 spiro atoms. The van der Waals surface area contributed by atoms with Crippen LogP contribution >= 0.6 is 15.9 Å². The Kier molecular flexibility index (Phi) is 6.98. The minimum absolute atomic E-state index is 0.0442. The number of alkyl halides is 3. The molecule has 8 nitrogen and oxygen atoms in total. The molecule has 0 aromatic heterocycles. The summed E-state index contributed by atoms with van der Waals surface area (Å²) in [6, 6.07) is 0.994. The Bertz CT molecular complexity index is 1140. The summed E-state index contributed by atoms with van der Waals surface area (Å²) in [5.41, 5.74) is -2.32. The second-order valence-corrected chi connectivity index (χ2v) is 12.3. The third kappa shape index (κ3) is 5.49. The molecule has 3 rings (SSSR count). The second-order valence-electron chi connectivity index (χ2n) is 9.23. The fourth-order valence-electron chi connectivity index (χ4n) is 3.73. The van der Waals surface area contributed by atoms with Crippen LogP contribution in [-0.4, -0.2) is 59.7 Å². The van der Waals surface area contributed by atoms with Gasteiger partial charge in [0.15, 0.2) is 16.0 Å². The summed E-state index contributed by atoms with van der Waals surface area (Å²) in [4.78, 5) is 26.8. The molecule has 1 saturated carbocycles. The SMILES string of the molecule is CC(C)(C)OC(=O)N1C[C@H](S(=O)(=O)c2ccc(Br)cc2C(F)(F)F)C[C@H]1C(=O)N(C#N)C1CC1. The standard InChI is InChI=1S/C21H23BrF3N3O5S/c1-20(2,3)33-19(30)27-10-14(9-16(27)18(29)28(11-26)13-5-6-13)34(31,32)17-7-4-12(22)8-15(17)21(23,24)25/h4,7-8,13-14,16H,5-6,9-10H2,1-3H3/t14-,16+/m1/s1. The molecule has 1 saturated heterocycles. The van der Waals surface area contributed by atoms with Crippen LogP contribution in [0.5, 0.6) is 0 Å². The molecular formula is C21H23BrF3N3O5S. The van der Waals surface area contributed by atoms with Crippen molar-refractivity contribution in [1.29, 1.82) is 5.26 Å². The van der Waals surface area contributed by atoms with Crippen molar-refractivity contribution in [3.8, 4) is 6.19 Å². The maximum absolute atomic E-state index is 13.6. The van der Waals surface area contributed by atoms with E-state index < -0.39 is 68.3 Å². The number of hydrogen-bond acceptors (Lipinski definition) is 6. The summed E-state index contributed by atoms with van der Waals surface area (Å²) in [7, 11) is -4.63. The highest BCUT2D eigenvalue weighted by atomic mass is 79.9. The molecule has 2 amide bonds. The van der Waals surface area contributed by atoms with Gasteiger partial charge in [-0.05, 0) is 58.2 Å². The van der Waals surface area contributed by atoms with Gasteiger partial charge in [0.05, 0.1) is 15.7 Å². The van der Waals surface area contributed by atoms with Gasteiger partial charge in [-0.1, -0.05) is 15.9 Å². The van der Waals surface area contributed by atoms with Crippen molar-refractivity contribution in [2.24, 2.45) is 0 Å². The van der Waals surface area contributed by atoms with E-state index in [1.807, 2.05) is 0 Å². The molecule has 0 radical (unpaired) electrons. The molecule has 2 aliphatic rings. The average molecular weight is 566 g/mol. The first-order chi connectivity index (χ1) is 15.6. The maximum Gasteiger partial charge on any atom is 0.417 e. The highest BCUT2D eigenvalue weighted by Gasteiger charge is 2.51. The van der Waals surface area contributed by atoms with E-state index in [1.165, 1.54) is 6.07 Å². The molecule has 0 bridgehead atoms. The largest absolute Gasteiger partial charge is 0.444 e. The molecule has 0 unspecified atom stereocenters. The van der Waals surface area contributed by atoms with E-state index in [0.717, 1.165) is 15.9 Å². The van der Waals surface area contributed by atoms with E-state index in [9.17, 15) is 36.4 Å². The van der Waals surface area contributed by atoms with E-state index in [2.05, 4.69) is 15.9 Å². The molecule has 34 heavy (non-hydrogen) atoms. The van der Waals surface area contributed by atoms with Gasteiger partial charge in [0.25, 0.3) is 5.91 Å². The first-order valence-corrected chi connectivity index (χ1v) is 12.7. The fourth-order valence-corrected chi connectivity index (χ4v) is 5.99. The molecule has 0 N–H and O–H groups in total. The van der Waals surface area contributed by atoms with Gasteiger partial charge in [0.1, 0.15) is 11.6 Å². The molecule has 2 atom stereocenters. The molecule has 1 aromatic rings. The lowest BCUT2D eigenvalue weighted by Gasteiger charge is -2.29. The van der Waals surface area contributed by atoms with Gasteiger partial charge in [-0.15, -0.1) is 0 Å². The van der Waals surface area contributed by atoms with Gasteiger partial charge in [0.2, 0.25) is 0 Å². The Morgan fingerprint density at radius 3 is 2.35 bits per heavy atom. The normalized spacial score (nSPS) is 21.2. The number of nitriles is 1. The van der Waals surface area contributed by atoms with Gasteiger partial charge in [-0.25, -0.2) is 18.1 Å². The molecular weight excluding hydrogens is 543 g/mol. The van der Waals surface area contributed by atoms with Crippen LogP contribution in [0.2, 0.25) is 0 Å². The van der Waals surface area contributed by atoms with Crippen LogP contribution < -0.4 is 0 Å². The minimum atomic E-state index is -4.95. The number of likely N-dealkylation sites (tertiary alicyclic amines) is 1. The van der Waals surface area contributed by atoms with E-state index in [0.29, 0.717) is 18.9 Å². The number of halogens is 4. The molecule has 1 aliphatic carbocycles. The maximum atomic E-state index is 13.6. The third-order valence-corrected chi connectivity index (χ3v) is 8.11. The lowest BCUT2D eigenvalue weighted by atomic mass is 10.2. The van der Waals surface area contributed by atoms with Crippen LogP contribution in [-0.2, 0) is 25.5 Å². The number of sulfone groups is 1. The van der Waals surface area contributed by atoms with Gasteiger partial charge in [-0.2, -0.15) is 18.4 Å². The van der Waals surface area contributed by atoms with E-state index in [4.69, 9.17) is 4.74 Å². The highest BCUT2D eigenvalue weighted by molar-refractivity contribution is 9.10. The van der Waals surface area contributed by atoms with Crippen molar-refractivity contribution in [3.05, 3.63) is 28.2 Å². The first-order valence-electron chi connectivity index (χ1n) is 10.4. The van der Waals surface area contributed by atoms with Crippen molar-refractivity contribution in [1.82, 2.24) is 9.80 Å². The number of carbonyl (C=O) groups excluding carboxylic acids is 2. The van der Waals surface area contributed by atoms with Crippen LogP contribution in [0, 0.1) is 11.5 Å². The van der Waals surface area contributed by atoms with E-state index in [1.54, 1.807) is 27.0 Å². The zero-order chi connectivity index (χ0) is 25.6. The van der Waals surface area contributed by atoms with Crippen molar-refractivity contribution in [2.75, 3.05) is 6.54 Å². The van der Waals surface area contributed by atoms with Crippen LogP contribution in [0.3, 0.4) is 0 Å². The monoisotopic (exact) mass is 565 g/mol. The summed E-state index contributed by atoms with van der Waals surface area (Å²) >= 11 is 2.92. The van der Waals surface area contributed by atoms with Crippen molar-refractivity contribution >= 4 is 37.8 Å². The predicted molar refractivity (Wildman–Crippen MR) is 117 cm³/mol. The van der Waals surface area contributed by atoms with Gasteiger partial charge in [0, 0.05) is 17.1 Å². The average Bonchev–Trinajstić information content (AvgIpc) is 3.41. The van der Waals surface area contributed by atoms with Crippen LogP contribution in [0.15, 0.2) is 27.6 Å². The zero-order valence-electron chi connectivity index (χ0n) is 18.6. The second kappa shape index (κ2) is 9.03. The molecule has 1 aromatic carbocycles. The van der Waals surface area contributed by atoms with Gasteiger partial charge >= 0.3 is 12.3 Å². The number of carbonyl (C=O) groups is 2. The number of ether oxygens (including phenoxy) is 1. The number of rotatable bonds is 4. The number of nitrogens with zero attached hydrogens (tertiary/aromatic N) is 3. The fraction of sp³-hybridized carbons (Fsp3) is 0.571. The lowest BCUT2D eigenvalue weighted by molar-refractivity contribution is -0.140.